The Balaban J connectivity index is 1.71. The Morgan fingerprint density at radius 1 is 1.04 bits per heavy atom. The van der Waals surface area contributed by atoms with Gasteiger partial charge in [0.2, 0.25) is 0 Å². The number of hydrogen-bond acceptors (Lipinski definition) is 4. The van der Waals surface area contributed by atoms with Gasteiger partial charge in [0.1, 0.15) is 5.75 Å². The predicted molar refractivity (Wildman–Crippen MR) is 105 cm³/mol. The van der Waals surface area contributed by atoms with E-state index in [1.807, 2.05) is 6.07 Å². The van der Waals surface area contributed by atoms with E-state index in [0.717, 1.165) is 12.8 Å². The molecule has 4 N–H and O–H groups in total. The third-order valence-corrected chi connectivity index (χ3v) is 4.55. The number of ether oxygens (including phenoxy) is 1. The molecular formula is C21H25N3O3. The van der Waals surface area contributed by atoms with Crippen molar-refractivity contribution in [3.8, 4) is 5.75 Å². The smallest absolute Gasteiger partial charge is 0.255 e. The lowest BCUT2D eigenvalue weighted by Gasteiger charge is -2.14. The molecule has 6 heteroatoms. The molecule has 1 aliphatic carbocycles. The Bertz CT molecular complexity index is 801. The van der Waals surface area contributed by atoms with E-state index >= 15 is 0 Å². The van der Waals surface area contributed by atoms with E-state index in [0.29, 0.717) is 35.7 Å². The van der Waals surface area contributed by atoms with Crippen molar-refractivity contribution < 1.29 is 14.3 Å². The maximum atomic E-state index is 12.7. The average molecular weight is 367 g/mol. The number of nitrogens with two attached hydrogens (primary N) is 1. The maximum Gasteiger partial charge on any atom is 0.255 e. The zero-order chi connectivity index (χ0) is 19.1. The molecule has 6 nitrogen and oxygen atoms in total. The van der Waals surface area contributed by atoms with Crippen molar-refractivity contribution in [3.05, 3.63) is 59.7 Å². The summed E-state index contributed by atoms with van der Waals surface area (Å²) in [5.41, 5.74) is 6.77. The standard InChI is InChI=1S/C21H25N3O3/c22-12-13-23-21(26)18-10-3-4-11-19(18)24-20(25)15-6-5-9-17(14-15)27-16-7-1-2-8-16/h3-6,9-11,14,16H,1-2,7-8,12-13,22H2,(H,23,26)(H,24,25). The number of carbonyl (C=O) groups is 2. The summed E-state index contributed by atoms with van der Waals surface area (Å²) in [7, 11) is 0. The van der Waals surface area contributed by atoms with Crippen LogP contribution in [0.25, 0.3) is 0 Å². The number of carbonyl (C=O) groups excluding carboxylic acids is 2. The lowest BCUT2D eigenvalue weighted by molar-refractivity contribution is 0.0955. The van der Waals surface area contributed by atoms with Crippen LogP contribution < -0.4 is 21.1 Å². The highest BCUT2D eigenvalue weighted by Gasteiger charge is 2.18. The van der Waals surface area contributed by atoms with Gasteiger partial charge in [0.05, 0.1) is 17.4 Å². The van der Waals surface area contributed by atoms with Crippen LogP contribution in [-0.4, -0.2) is 31.0 Å². The fourth-order valence-corrected chi connectivity index (χ4v) is 3.17. The summed E-state index contributed by atoms with van der Waals surface area (Å²) in [5, 5.41) is 5.53. The van der Waals surface area contributed by atoms with Crippen LogP contribution in [-0.2, 0) is 0 Å². The van der Waals surface area contributed by atoms with Crippen LogP contribution >= 0.6 is 0 Å². The van der Waals surface area contributed by atoms with E-state index in [1.165, 1.54) is 12.8 Å². The number of benzene rings is 2. The number of anilines is 1. The normalized spacial score (nSPS) is 14.0. The quantitative estimate of drug-likeness (QED) is 0.701. The third kappa shape index (κ3) is 5.08. The molecule has 2 aromatic carbocycles. The van der Waals surface area contributed by atoms with Gasteiger partial charge in [-0.05, 0) is 56.0 Å². The third-order valence-electron chi connectivity index (χ3n) is 4.55. The first kappa shape index (κ1) is 18.9. The Labute approximate surface area is 159 Å². The highest BCUT2D eigenvalue weighted by molar-refractivity contribution is 6.09. The van der Waals surface area contributed by atoms with Crippen LogP contribution in [0, 0.1) is 0 Å². The van der Waals surface area contributed by atoms with E-state index in [4.69, 9.17) is 10.5 Å². The second-order valence-electron chi connectivity index (χ2n) is 6.60. The first-order valence-corrected chi connectivity index (χ1v) is 9.33. The van der Waals surface area contributed by atoms with Gasteiger partial charge in [-0.3, -0.25) is 9.59 Å². The van der Waals surface area contributed by atoms with Crippen molar-refractivity contribution in [1.82, 2.24) is 5.32 Å². The molecule has 0 bridgehead atoms. The molecule has 0 saturated heterocycles. The number of nitrogens with one attached hydrogen (secondary N) is 2. The van der Waals surface area contributed by atoms with Gasteiger partial charge in [-0.2, -0.15) is 0 Å². The summed E-state index contributed by atoms with van der Waals surface area (Å²) in [6.45, 7) is 0.732. The van der Waals surface area contributed by atoms with Gasteiger partial charge < -0.3 is 21.1 Å². The zero-order valence-corrected chi connectivity index (χ0v) is 15.2. The molecule has 0 aromatic heterocycles. The van der Waals surface area contributed by atoms with Crippen LogP contribution in [0.3, 0.4) is 0 Å². The summed E-state index contributed by atoms with van der Waals surface area (Å²) < 4.78 is 5.97. The summed E-state index contributed by atoms with van der Waals surface area (Å²) in [5.74, 6) is 0.143. The Morgan fingerprint density at radius 3 is 2.59 bits per heavy atom. The molecular weight excluding hydrogens is 342 g/mol. The topological polar surface area (TPSA) is 93.5 Å². The maximum absolute atomic E-state index is 12.7. The van der Waals surface area contributed by atoms with Crippen molar-refractivity contribution in [2.24, 2.45) is 5.73 Å². The molecule has 0 radical (unpaired) electrons. The van der Waals surface area contributed by atoms with Gasteiger partial charge in [0, 0.05) is 18.7 Å². The molecule has 27 heavy (non-hydrogen) atoms. The minimum absolute atomic E-state index is 0.232. The van der Waals surface area contributed by atoms with Crippen molar-refractivity contribution in [3.63, 3.8) is 0 Å². The minimum Gasteiger partial charge on any atom is -0.490 e. The van der Waals surface area contributed by atoms with Gasteiger partial charge in [0.25, 0.3) is 11.8 Å². The lowest BCUT2D eigenvalue weighted by Crippen LogP contribution is -2.30. The molecule has 3 rings (SSSR count). The fourth-order valence-electron chi connectivity index (χ4n) is 3.17. The van der Waals surface area contributed by atoms with Crippen molar-refractivity contribution >= 4 is 17.5 Å². The van der Waals surface area contributed by atoms with Gasteiger partial charge in [-0.1, -0.05) is 18.2 Å². The number of hydrogen-bond donors (Lipinski definition) is 3. The van der Waals surface area contributed by atoms with E-state index in [2.05, 4.69) is 10.6 Å². The number of para-hydroxylation sites is 1. The highest BCUT2D eigenvalue weighted by Crippen LogP contribution is 2.25. The molecule has 1 fully saturated rings. The molecule has 0 heterocycles. The van der Waals surface area contributed by atoms with E-state index in [1.54, 1.807) is 42.5 Å². The fraction of sp³-hybridized carbons (Fsp3) is 0.333. The molecule has 2 aromatic rings. The van der Waals surface area contributed by atoms with E-state index in [-0.39, 0.29) is 17.9 Å². The molecule has 2 amide bonds. The summed E-state index contributed by atoms with van der Waals surface area (Å²) >= 11 is 0. The van der Waals surface area contributed by atoms with Crippen molar-refractivity contribution in [2.75, 3.05) is 18.4 Å². The van der Waals surface area contributed by atoms with Crippen molar-refractivity contribution in [1.29, 1.82) is 0 Å². The van der Waals surface area contributed by atoms with E-state index in [9.17, 15) is 9.59 Å². The second-order valence-corrected chi connectivity index (χ2v) is 6.60. The molecule has 142 valence electrons. The van der Waals surface area contributed by atoms with Crippen LogP contribution in [0.1, 0.15) is 46.4 Å². The Hall–Kier alpha value is -2.86. The minimum atomic E-state index is -0.286. The largest absolute Gasteiger partial charge is 0.490 e. The predicted octanol–water partition coefficient (Wildman–Crippen LogP) is 2.95. The Kier molecular flexibility index (Phi) is 6.44. The molecule has 1 aliphatic rings. The summed E-state index contributed by atoms with van der Waals surface area (Å²) in [4.78, 5) is 24.9. The van der Waals surface area contributed by atoms with Gasteiger partial charge in [-0.15, -0.1) is 0 Å². The first-order valence-electron chi connectivity index (χ1n) is 9.33. The monoisotopic (exact) mass is 367 g/mol. The van der Waals surface area contributed by atoms with Crippen LogP contribution in [0.15, 0.2) is 48.5 Å². The van der Waals surface area contributed by atoms with Gasteiger partial charge >= 0.3 is 0 Å². The van der Waals surface area contributed by atoms with Crippen molar-refractivity contribution in [2.45, 2.75) is 31.8 Å². The number of amides is 2. The SMILES string of the molecule is NCCNC(=O)c1ccccc1NC(=O)c1cccc(OC2CCCC2)c1. The van der Waals surface area contributed by atoms with Gasteiger partial charge in [-0.25, -0.2) is 0 Å². The van der Waals surface area contributed by atoms with Crippen LogP contribution in [0.5, 0.6) is 5.75 Å². The molecule has 0 unspecified atom stereocenters. The summed E-state index contributed by atoms with van der Waals surface area (Å²) in [6, 6.07) is 14.0. The summed E-state index contributed by atoms with van der Waals surface area (Å²) in [6.07, 6.45) is 4.72. The average Bonchev–Trinajstić information content (AvgIpc) is 3.19. The zero-order valence-electron chi connectivity index (χ0n) is 15.2. The Morgan fingerprint density at radius 2 is 1.81 bits per heavy atom. The van der Waals surface area contributed by atoms with E-state index < -0.39 is 0 Å². The first-order chi connectivity index (χ1) is 13.2. The second kappa shape index (κ2) is 9.19. The van der Waals surface area contributed by atoms with Crippen LogP contribution in [0.2, 0.25) is 0 Å². The lowest BCUT2D eigenvalue weighted by atomic mass is 10.1. The van der Waals surface area contributed by atoms with Crippen LogP contribution in [0.4, 0.5) is 5.69 Å². The highest BCUT2D eigenvalue weighted by atomic mass is 16.5. The molecule has 0 atom stereocenters. The van der Waals surface area contributed by atoms with Gasteiger partial charge in [0.15, 0.2) is 0 Å². The number of rotatable bonds is 7. The molecule has 1 saturated carbocycles. The molecule has 0 aliphatic heterocycles. The molecule has 0 spiro atoms.